The van der Waals surface area contributed by atoms with Crippen molar-refractivity contribution in [2.45, 2.75) is 18.9 Å². The highest BCUT2D eigenvalue weighted by atomic mass is 32.2. The molecular formula is C17H24N2O4S. The number of likely N-dealkylation sites (tertiary alicyclic amines) is 1. The summed E-state index contributed by atoms with van der Waals surface area (Å²) in [6.45, 7) is 0.527. The molecule has 1 aromatic carbocycles. The van der Waals surface area contributed by atoms with Gasteiger partial charge in [-0.2, -0.15) is 0 Å². The van der Waals surface area contributed by atoms with Gasteiger partial charge >= 0.3 is 0 Å². The van der Waals surface area contributed by atoms with E-state index in [2.05, 4.69) is 0 Å². The SMILES string of the molecule is CN(C)S(=O)(=O)C[C@@H]1CN(C(=O)C2Cc3ccccc3C2)C[C@@H]1O. The molecule has 0 spiro atoms. The van der Waals surface area contributed by atoms with Crippen molar-refractivity contribution in [1.29, 1.82) is 0 Å². The van der Waals surface area contributed by atoms with Gasteiger partial charge in [-0.05, 0) is 24.0 Å². The Hall–Kier alpha value is -1.44. The topological polar surface area (TPSA) is 77.9 Å². The van der Waals surface area contributed by atoms with Crippen LogP contribution in [0.4, 0.5) is 0 Å². The first kappa shape index (κ1) is 17.4. The minimum Gasteiger partial charge on any atom is -0.391 e. The average Bonchev–Trinajstić information content (AvgIpc) is 3.10. The van der Waals surface area contributed by atoms with Gasteiger partial charge in [-0.1, -0.05) is 24.3 Å². The van der Waals surface area contributed by atoms with E-state index in [0.29, 0.717) is 6.54 Å². The third kappa shape index (κ3) is 3.34. The number of fused-ring (bicyclic) bond motifs is 1. The lowest BCUT2D eigenvalue weighted by atomic mass is 10.1. The van der Waals surface area contributed by atoms with E-state index < -0.39 is 22.0 Å². The summed E-state index contributed by atoms with van der Waals surface area (Å²) in [4.78, 5) is 14.4. The number of nitrogens with zero attached hydrogens (tertiary/aromatic N) is 2. The first-order chi connectivity index (χ1) is 11.3. The van der Waals surface area contributed by atoms with Crippen molar-refractivity contribution in [2.24, 2.45) is 11.8 Å². The summed E-state index contributed by atoms with van der Waals surface area (Å²) in [6, 6.07) is 8.06. The molecule has 2 atom stereocenters. The number of carbonyl (C=O) groups excluding carboxylic acids is 1. The van der Waals surface area contributed by atoms with E-state index in [1.807, 2.05) is 24.3 Å². The first-order valence-electron chi connectivity index (χ1n) is 8.22. The Balaban J connectivity index is 1.64. The number of β-amino-alcohol motifs (C(OH)–C–C–N with tert-alkyl or cyclic N) is 1. The molecule has 0 radical (unpaired) electrons. The van der Waals surface area contributed by atoms with Crippen LogP contribution < -0.4 is 0 Å². The van der Waals surface area contributed by atoms with Crippen LogP contribution in [-0.4, -0.2) is 67.7 Å². The quantitative estimate of drug-likeness (QED) is 0.834. The van der Waals surface area contributed by atoms with Crippen LogP contribution in [0.1, 0.15) is 11.1 Å². The molecule has 0 bridgehead atoms. The number of sulfonamides is 1. The molecule has 2 aliphatic rings. The van der Waals surface area contributed by atoms with Crippen molar-refractivity contribution in [3.63, 3.8) is 0 Å². The molecule has 0 unspecified atom stereocenters. The zero-order valence-electron chi connectivity index (χ0n) is 14.1. The Morgan fingerprint density at radius 3 is 2.33 bits per heavy atom. The smallest absolute Gasteiger partial charge is 0.226 e. The third-order valence-corrected chi connectivity index (χ3v) is 7.06. The molecule has 1 N–H and O–H groups in total. The molecule has 1 aromatic rings. The Morgan fingerprint density at radius 2 is 1.79 bits per heavy atom. The largest absolute Gasteiger partial charge is 0.391 e. The van der Waals surface area contributed by atoms with Gasteiger partial charge in [0.2, 0.25) is 15.9 Å². The van der Waals surface area contributed by atoms with Crippen molar-refractivity contribution in [3.05, 3.63) is 35.4 Å². The van der Waals surface area contributed by atoms with E-state index in [-0.39, 0.29) is 24.1 Å². The minimum absolute atomic E-state index is 0.0231. The highest BCUT2D eigenvalue weighted by Crippen LogP contribution is 2.30. The molecule has 1 aliphatic heterocycles. The maximum Gasteiger partial charge on any atom is 0.226 e. The van der Waals surface area contributed by atoms with Crippen molar-refractivity contribution in [1.82, 2.24) is 9.21 Å². The Bertz CT molecular complexity index is 707. The second kappa shape index (κ2) is 6.46. The number of carbonyl (C=O) groups is 1. The zero-order chi connectivity index (χ0) is 17.5. The number of amides is 1. The zero-order valence-corrected chi connectivity index (χ0v) is 14.9. The molecule has 24 heavy (non-hydrogen) atoms. The van der Waals surface area contributed by atoms with Crippen LogP contribution >= 0.6 is 0 Å². The number of hydrogen-bond donors (Lipinski definition) is 1. The standard InChI is InChI=1S/C17H24N2O4S/c1-18(2)24(22,23)11-15-9-19(10-16(15)20)17(21)14-7-12-5-3-4-6-13(12)8-14/h3-6,14-16,20H,7-11H2,1-2H3/t15-,16-/m0/s1. The van der Waals surface area contributed by atoms with Crippen LogP contribution in [0.5, 0.6) is 0 Å². The van der Waals surface area contributed by atoms with E-state index in [9.17, 15) is 18.3 Å². The molecule has 1 saturated heterocycles. The average molecular weight is 352 g/mol. The molecule has 1 fully saturated rings. The van der Waals surface area contributed by atoms with E-state index in [1.165, 1.54) is 25.2 Å². The van der Waals surface area contributed by atoms with Crippen molar-refractivity contribution < 1.29 is 18.3 Å². The molecule has 6 nitrogen and oxygen atoms in total. The molecule has 1 aliphatic carbocycles. The summed E-state index contributed by atoms with van der Waals surface area (Å²) in [6.07, 6.45) is 0.664. The molecule has 7 heteroatoms. The summed E-state index contributed by atoms with van der Waals surface area (Å²) < 4.78 is 25.2. The fourth-order valence-electron chi connectivity index (χ4n) is 3.61. The van der Waals surface area contributed by atoms with Crippen LogP contribution in [0.15, 0.2) is 24.3 Å². The lowest BCUT2D eigenvalue weighted by Gasteiger charge is -2.20. The predicted octanol–water partition coefficient (Wildman–Crippen LogP) is 0.112. The summed E-state index contributed by atoms with van der Waals surface area (Å²) in [7, 11) is -0.428. The second-order valence-corrected chi connectivity index (χ2v) is 9.23. The van der Waals surface area contributed by atoms with E-state index in [4.69, 9.17) is 0 Å². The lowest BCUT2D eigenvalue weighted by molar-refractivity contribution is -0.134. The number of rotatable bonds is 4. The van der Waals surface area contributed by atoms with E-state index in [0.717, 1.165) is 17.1 Å². The number of hydrogen-bond acceptors (Lipinski definition) is 4. The van der Waals surface area contributed by atoms with Gasteiger partial charge in [-0.15, -0.1) is 0 Å². The molecular weight excluding hydrogens is 328 g/mol. The van der Waals surface area contributed by atoms with Gasteiger partial charge in [0, 0.05) is 39.0 Å². The van der Waals surface area contributed by atoms with E-state index >= 15 is 0 Å². The molecule has 132 valence electrons. The van der Waals surface area contributed by atoms with Gasteiger partial charge in [-0.3, -0.25) is 4.79 Å². The van der Waals surface area contributed by atoms with Gasteiger partial charge in [0.1, 0.15) is 0 Å². The highest BCUT2D eigenvalue weighted by Gasteiger charge is 2.40. The Labute approximate surface area is 143 Å². The normalized spacial score (nSPS) is 24.6. The fraction of sp³-hybridized carbons (Fsp3) is 0.588. The third-order valence-electron chi connectivity index (χ3n) is 5.10. The lowest BCUT2D eigenvalue weighted by Crippen LogP contribution is -2.36. The van der Waals surface area contributed by atoms with Crippen molar-refractivity contribution in [3.8, 4) is 0 Å². The van der Waals surface area contributed by atoms with Gasteiger partial charge in [0.15, 0.2) is 0 Å². The molecule has 0 saturated carbocycles. The predicted molar refractivity (Wildman–Crippen MR) is 90.9 cm³/mol. The molecule has 1 amide bonds. The van der Waals surface area contributed by atoms with Crippen LogP contribution in [0, 0.1) is 11.8 Å². The Kier molecular flexibility index (Phi) is 4.68. The van der Waals surface area contributed by atoms with Gasteiger partial charge in [0.25, 0.3) is 0 Å². The fourth-order valence-corrected chi connectivity index (χ4v) is 4.78. The highest BCUT2D eigenvalue weighted by molar-refractivity contribution is 7.89. The number of benzene rings is 1. The summed E-state index contributed by atoms with van der Waals surface area (Å²) in [5.41, 5.74) is 2.42. The van der Waals surface area contributed by atoms with Gasteiger partial charge < -0.3 is 10.0 Å². The molecule has 1 heterocycles. The first-order valence-corrected chi connectivity index (χ1v) is 9.82. The molecule has 3 rings (SSSR count). The summed E-state index contributed by atoms with van der Waals surface area (Å²) >= 11 is 0. The number of aliphatic hydroxyl groups excluding tert-OH is 1. The van der Waals surface area contributed by atoms with Crippen LogP contribution in [-0.2, 0) is 27.7 Å². The second-order valence-electron chi connectivity index (χ2n) is 7.01. The van der Waals surface area contributed by atoms with Crippen LogP contribution in [0.25, 0.3) is 0 Å². The van der Waals surface area contributed by atoms with Gasteiger partial charge in [-0.25, -0.2) is 12.7 Å². The van der Waals surface area contributed by atoms with Gasteiger partial charge in [0.05, 0.1) is 11.9 Å². The number of aliphatic hydroxyl groups is 1. The van der Waals surface area contributed by atoms with E-state index in [1.54, 1.807) is 4.90 Å². The van der Waals surface area contributed by atoms with Crippen molar-refractivity contribution in [2.75, 3.05) is 32.9 Å². The monoisotopic (exact) mass is 352 g/mol. The Morgan fingerprint density at radius 1 is 1.21 bits per heavy atom. The summed E-state index contributed by atoms with van der Waals surface area (Å²) in [5, 5.41) is 10.2. The van der Waals surface area contributed by atoms with Crippen LogP contribution in [0.2, 0.25) is 0 Å². The van der Waals surface area contributed by atoms with Crippen molar-refractivity contribution >= 4 is 15.9 Å². The van der Waals surface area contributed by atoms with Crippen LogP contribution in [0.3, 0.4) is 0 Å². The maximum absolute atomic E-state index is 12.8. The minimum atomic E-state index is -3.39. The summed E-state index contributed by atoms with van der Waals surface area (Å²) in [5.74, 6) is -0.630. The molecule has 0 aromatic heterocycles. The maximum atomic E-state index is 12.8.